The van der Waals surface area contributed by atoms with Crippen molar-refractivity contribution in [1.82, 2.24) is 15.0 Å². The standard InChI is InChI=1S/C17H20N4O2/c18-17(7-4-8-17)16-19-15(23-20-16)13-9-14(22)21(11-13)10-12-5-2-1-3-6-12/h1-3,5-6,13H,4,7-11,18H2. The van der Waals surface area contributed by atoms with Gasteiger partial charge in [0.25, 0.3) is 0 Å². The number of likely N-dealkylation sites (tertiary alicyclic amines) is 1. The first kappa shape index (κ1) is 14.4. The third kappa shape index (κ3) is 2.63. The van der Waals surface area contributed by atoms with Crippen molar-refractivity contribution >= 4 is 5.91 Å². The minimum absolute atomic E-state index is 0.0314. The quantitative estimate of drug-likeness (QED) is 0.932. The van der Waals surface area contributed by atoms with Gasteiger partial charge in [-0.25, -0.2) is 0 Å². The van der Waals surface area contributed by atoms with E-state index in [4.69, 9.17) is 10.3 Å². The predicted molar refractivity (Wildman–Crippen MR) is 83.2 cm³/mol. The van der Waals surface area contributed by atoms with Gasteiger partial charge in [-0.1, -0.05) is 35.5 Å². The van der Waals surface area contributed by atoms with E-state index in [0.717, 1.165) is 24.8 Å². The lowest BCUT2D eigenvalue weighted by Gasteiger charge is -2.34. The van der Waals surface area contributed by atoms with E-state index in [9.17, 15) is 4.79 Å². The van der Waals surface area contributed by atoms with Crippen LogP contribution in [0.1, 0.15) is 48.9 Å². The van der Waals surface area contributed by atoms with E-state index in [1.807, 2.05) is 35.2 Å². The van der Waals surface area contributed by atoms with Crippen LogP contribution in [0.2, 0.25) is 0 Å². The molecule has 2 aliphatic rings. The molecule has 1 unspecified atom stereocenters. The molecule has 1 aliphatic heterocycles. The lowest BCUT2D eigenvalue weighted by molar-refractivity contribution is -0.128. The number of nitrogens with zero attached hydrogens (tertiary/aromatic N) is 3. The molecule has 1 aromatic heterocycles. The molecular formula is C17H20N4O2. The number of benzene rings is 1. The van der Waals surface area contributed by atoms with Gasteiger partial charge in [0.05, 0.1) is 11.5 Å². The summed E-state index contributed by atoms with van der Waals surface area (Å²) in [5.41, 5.74) is 6.94. The Hall–Kier alpha value is -2.21. The zero-order valence-electron chi connectivity index (χ0n) is 12.9. The fourth-order valence-corrected chi connectivity index (χ4v) is 3.28. The van der Waals surface area contributed by atoms with Crippen LogP contribution >= 0.6 is 0 Å². The Kier molecular flexibility index (Phi) is 3.41. The number of carbonyl (C=O) groups excluding carboxylic acids is 1. The SMILES string of the molecule is NC1(c2noc(C3CC(=O)N(Cc4ccccc4)C3)n2)CCC1. The van der Waals surface area contributed by atoms with Crippen molar-refractivity contribution in [3.05, 3.63) is 47.6 Å². The summed E-state index contributed by atoms with van der Waals surface area (Å²) in [6.45, 7) is 1.24. The summed E-state index contributed by atoms with van der Waals surface area (Å²) in [6.07, 6.45) is 3.32. The molecule has 23 heavy (non-hydrogen) atoms. The van der Waals surface area contributed by atoms with Gasteiger partial charge in [0.1, 0.15) is 0 Å². The minimum Gasteiger partial charge on any atom is -0.339 e. The molecule has 2 fully saturated rings. The Bertz CT molecular complexity index is 708. The molecular weight excluding hydrogens is 292 g/mol. The van der Waals surface area contributed by atoms with Crippen molar-refractivity contribution in [1.29, 1.82) is 0 Å². The Morgan fingerprint density at radius 1 is 1.30 bits per heavy atom. The number of nitrogens with two attached hydrogens (primary N) is 1. The Morgan fingerprint density at radius 2 is 2.09 bits per heavy atom. The van der Waals surface area contributed by atoms with E-state index >= 15 is 0 Å². The first-order chi connectivity index (χ1) is 11.1. The fraction of sp³-hybridized carbons (Fsp3) is 0.471. The maximum absolute atomic E-state index is 12.2. The van der Waals surface area contributed by atoms with Gasteiger partial charge in [0.2, 0.25) is 11.8 Å². The van der Waals surface area contributed by atoms with E-state index in [0.29, 0.717) is 31.2 Å². The molecule has 0 radical (unpaired) electrons. The highest BCUT2D eigenvalue weighted by molar-refractivity contribution is 5.79. The summed E-state index contributed by atoms with van der Waals surface area (Å²) in [7, 11) is 0. The third-order valence-corrected chi connectivity index (χ3v) is 4.91. The van der Waals surface area contributed by atoms with Gasteiger partial charge >= 0.3 is 0 Å². The Labute approximate surface area is 134 Å². The zero-order valence-corrected chi connectivity index (χ0v) is 12.9. The van der Waals surface area contributed by atoms with Gasteiger partial charge in [-0.15, -0.1) is 0 Å². The van der Waals surface area contributed by atoms with E-state index in [2.05, 4.69) is 10.1 Å². The van der Waals surface area contributed by atoms with Crippen molar-refractivity contribution in [3.8, 4) is 0 Å². The van der Waals surface area contributed by atoms with Crippen LogP contribution in [0.5, 0.6) is 0 Å². The van der Waals surface area contributed by atoms with Crippen molar-refractivity contribution < 1.29 is 9.32 Å². The average molecular weight is 312 g/mol. The predicted octanol–water partition coefficient (Wildman–Crippen LogP) is 1.92. The maximum atomic E-state index is 12.2. The fourth-order valence-electron chi connectivity index (χ4n) is 3.28. The van der Waals surface area contributed by atoms with Crippen LogP contribution < -0.4 is 5.73 Å². The first-order valence-electron chi connectivity index (χ1n) is 8.09. The Balaban J connectivity index is 1.46. The highest BCUT2D eigenvalue weighted by Gasteiger charge is 2.41. The molecule has 0 spiro atoms. The molecule has 1 atom stereocenters. The van der Waals surface area contributed by atoms with Gasteiger partial charge in [0, 0.05) is 19.5 Å². The van der Waals surface area contributed by atoms with Crippen LogP contribution in [-0.2, 0) is 16.9 Å². The molecule has 2 aromatic rings. The molecule has 4 rings (SSSR count). The molecule has 120 valence electrons. The number of hydrogen-bond acceptors (Lipinski definition) is 5. The third-order valence-electron chi connectivity index (χ3n) is 4.91. The highest BCUT2D eigenvalue weighted by atomic mass is 16.5. The molecule has 1 aromatic carbocycles. The van der Waals surface area contributed by atoms with Crippen LogP contribution in [0.3, 0.4) is 0 Å². The second kappa shape index (κ2) is 5.45. The first-order valence-corrected chi connectivity index (χ1v) is 8.09. The molecule has 1 amide bonds. The van der Waals surface area contributed by atoms with Crippen molar-refractivity contribution in [2.75, 3.05) is 6.54 Å². The molecule has 0 bridgehead atoms. The van der Waals surface area contributed by atoms with Gasteiger partial charge < -0.3 is 15.2 Å². The number of amides is 1. The number of aromatic nitrogens is 2. The van der Waals surface area contributed by atoms with Crippen LogP contribution in [0, 0.1) is 0 Å². The lowest BCUT2D eigenvalue weighted by Crippen LogP contribution is -2.44. The minimum atomic E-state index is -0.423. The number of rotatable bonds is 4. The zero-order chi connectivity index (χ0) is 15.9. The van der Waals surface area contributed by atoms with Crippen molar-refractivity contribution in [3.63, 3.8) is 0 Å². The van der Waals surface area contributed by atoms with E-state index in [-0.39, 0.29) is 11.8 Å². The topological polar surface area (TPSA) is 85.2 Å². The maximum Gasteiger partial charge on any atom is 0.232 e. The van der Waals surface area contributed by atoms with Gasteiger partial charge in [-0.2, -0.15) is 4.98 Å². The summed E-state index contributed by atoms with van der Waals surface area (Å²) in [6, 6.07) is 10.00. The summed E-state index contributed by atoms with van der Waals surface area (Å²) < 4.78 is 5.40. The van der Waals surface area contributed by atoms with Crippen LogP contribution in [-0.4, -0.2) is 27.5 Å². The molecule has 2 N–H and O–H groups in total. The smallest absolute Gasteiger partial charge is 0.232 e. The summed E-state index contributed by atoms with van der Waals surface area (Å²) in [5.74, 6) is 1.23. The van der Waals surface area contributed by atoms with E-state index in [1.165, 1.54) is 0 Å². The van der Waals surface area contributed by atoms with Gasteiger partial charge in [0.15, 0.2) is 5.82 Å². The van der Waals surface area contributed by atoms with E-state index in [1.54, 1.807) is 0 Å². The lowest BCUT2D eigenvalue weighted by atomic mass is 9.77. The van der Waals surface area contributed by atoms with Crippen LogP contribution in [0.15, 0.2) is 34.9 Å². The summed E-state index contributed by atoms with van der Waals surface area (Å²) in [5, 5.41) is 4.05. The molecule has 1 saturated carbocycles. The highest BCUT2D eigenvalue weighted by Crippen LogP contribution is 2.38. The molecule has 1 aliphatic carbocycles. The van der Waals surface area contributed by atoms with Gasteiger partial charge in [-0.3, -0.25) is 4.79 Å². The molecule has 6 nitrogen and oxygen atoms in total. The number of carbonyl (C=O) groups is 1. The normalized spacial score (nSPS) is 23.1. The summed E-state index contributed by atoms with van der Waals surface area (Å²) in [4.78, 5) is 18.6. The molecule has 1 saturated heterocycles. The van der Waals surface area contributed by atoms with Gasteiger partial charge in [-0.05, 0) is 24.8 Å². The molecule has 6 heteroatoms. The molecule has 2 heterocycles. The van der Waals surface area contributed by atoms with Crippen LogP contribution in [0.4, 0.5) is 0 Å². The largest absolute Gasteiger partial charge is 0.339 e. The summed E-state index contributed by atoms with van der Waals surface area (Å²) >= 11 is 0. The van der Waals surface area contributed by atoms with Crippen molar-refractivity contribution in [2.24, 2.45) is 5.73 Å². The Morgan fingerprint density at radius 3 is 2.78 bits per heavy atom. The van der Waals surface area contributed by atoms with Crippen LogP contribution in [0.25, 0.3) is 0 Å². The second-order valence-corrected chi connectivity index (χ2v) is 6.63. The monoisotopic (exact) mass is 312 g/mol. The average Bonchev–Trinajstić information content (AvgIpc) is 3.14. The van der Waals surface area contributed by atoms with Crippen molar-refractivity contribution in [2.45, 2.75) is 43.7 Å². The second-order valence-electron chi connectivity index (χ2n) is 6.63. The number of hydrogen-bond donors (Lipinski definition) is 1. The van der Waals surface area contributed by atoms with E-state index < -0.39 is 5.54 Å².